The van der Waals surface area contributed by atoms with Crippen molar-refractivity contribution in [3.8, 4) is 0 Å². The number of nitrogens with one attached hydrogen (secondary N) is 1. The molecule has 5 N–H and O–H groups in total. The Morgan fingerprint density at radius 3 is 2.42 bits per heavy atom. The van der Waals surface area contributed by atoms with Gasteiger partial charge in [0.1, 0.15) is 0 Å². The van der Waals surface area contributed by atoms with Crippen LogP contribution in [0.25, 0.3) is 0 Å². The average molecular weight is 277 g/mol. The third-order valence-corrected chi connectivity index (χ3v) is 3.91. The summed E-state index contributed by atoms with van der Waals surface area (Å²) in [5.41, 5.74) is 11.0. The molecule has 100 valence electrons. The monoisotopic (exact) mass is 277 g/mol. The first-order valence-corrected chi connectivity index (χ1v) is 6.38. The number of benzene rings is 1. The quantitative estimate of drug-likeness (QED) is 0.720. The van der Waals surface area contributed by atoms with E-state index in [9.17, 15) is 9.59 Å². The maximum atomic E-state index is 12.2. The molecule has 0 saturated heterocycles. The normalized spacial score (nSPS) is 16.2. The fourth-order valence-electron chi connectivity index (χ4n) is 2.12. The van der Waals surface area contributed by atoms with Gasteiger partial charge in [-0.3, -0.25) is 9.59 Å². The molecule has 5 nitrogen and oxygen atoms in total. The molecule has 1 fully saturated rings. The highest BCUT2D eigenvalue weighted by atomic mass is 32.1. The fraction of sp³-hybridized carbons (Fsp3) is 0.308. The molecule has 19 heavy (non-hydrogen) atoms. The number of carbonyl (C=O) groups excluding carboxylic acids is 2. The number of amides is 2. The van der Waals surface area contributed by atoms with Gasteiger partial charge in [0.15, 0.2) is 0 Å². The van der Waals surface area contributed by atoms with Crippen molar-refractivity contribution in [1.29, 1.82) is 0 Å². The van der Waals surface area contributed by atoms with Crippen LogP contribution in [0.15, 0.2) is 24.3 Å². The van der Waals surface area contributed by atoms with Gasteiger partial charge in [0.2, 0.25) is 11.8 Å². The van der Waals surface area contributed by atoms with Crippen molar-refractivity contribution in [1.82, 2.24) is 0 Å². The van der Waals surface area contributed by atoms with Gasteiger partial charge < -0.3 is 16.8 Å². The van der Waals surface area contributed by atoms with Crippen LogP contribution >= 0.6 is 12.2 Å². The van der Waals surface area contributed by atoms with Gasteiger partial charge >= 0.3 is 0 Å². The number of anilines is 1. The van der Waals surface area contributed by atoms with E-state index in [1.54, 1.807) is 18.2 Å². The summed E-state index contributed by atoms with van der Waals surface area (Å²) in [4.78, 5) is 23.5. The van der Waals surface area contributed by atoms with Crippen molar-refractivity contribution in [2.24, 2.45) is 16.9 Å². The van der Waals surface area contributed by atoms with E-state index >= 15 is 0 Å². The van der Waals surface area contributed by atoms with Crippen LogP contribution in [0, 0.1) is 5.41 Å². The van der Waals surface area contributed by atoms with Crippen LogP contribution in [0.4, 0.5) is 5.69 Å². The Hall–Kier alpha value is -1.95. The number of hydrogen-bond donors (Lipinski definition) is 3. The van der Waals surface area contributed by atoms with Crippen molar-refractivity contribution in [3.05, 3.63) is 29.8 Å². The lowest BCUT2D eigenvalue weighted by atomic mass is 9.68. The molecule has 1 aromatic rings. The summed E-state index contributed by atoms with van der Waals surface area (Å²) in [6.45, 7) is 0. The molecule has 6 heteroatoms. The third kappa shape index (κ3) is 2.44. The molecule has 0 bridgehead atoms. The highest BCUT2D eigenvalue weighted by Crippen LogP contribution is 2.42. The fourth-order valence-corrected chi connectivity index (χ4v) is 2.41. The first-order chi connectivity index (χ1) is 8.95. The molecule has 0 heterocycles. The van der Waals surface area contributed by atoms with Gasteiger partial charge in [-0.15, -0.1) is 0 Å². The van der Waals surface area contributed by atoms with E-state index in [-0.39, 0.29) is 10.9 Å². The zero-order valence-electron chi connectivity index (χ0n) is 10.3. The van der Waals surface area contributed by atoms with Crippen molar-refractivity contribution in [3.63, 3.8) is 0 Å². The first kappa shape index (κ1) is 13.5. The molecule has 1 aliphatic carbocycles. The van der Waals surface area contributed by atoms with Crippen molar-refractivity contribution >= 4 is 34.7 Å². The van der Waals surface area contributed by atoms with Crippen LogP contribution in [0.1, 0.15) is 29.6 Å². The Kier molecular flexibility index (Phi) is 3.53. The van der Waals surface area contributed by atoms with Crippen molar-refractivity contribution in [2.75, 3.05) is 5.32 Å². The van der Waals surface area contributed by atoms with Crippen LogP contribution in [-0.4, -0.2) is 16.8 Å². The third-order valence-electron chi connectivity index (χ3n) is 3.52. The van der Waals surface area contributed by atoms with E-state index in [1.807, 2.05) is 0 Å². The van der Waals surface area contributed by atoms with E-state index < -0.39 is 11.3 Å². The van der Waals surface area contributed by atoms with Crippen LogP contribution in [0.5, 0.6) is 0 Å². The summed E-state index contributed by atoms with van der Waals surface area (Å²) in [7, 11) is 0. The van der Waals surface area contributed by atoms with Gasteiger partial charge in [0.25, 0.3) is 0 Å². The van der Waals surface area contributed by atoms with Gasteiger partial charge in [-0.2, -0.15) is 0 Å². The molecule has 0 unspecified atom stereocenters. The van der Waals surface area contributed by atoms with E-state index in [2.05, 4.69) is 5.32 Å². The Balaban J connectivity index is 2.17. The van der Waals surface area contributed by atoms with Crippen LogP contribution in [-0.2, 0) is 4.79 Å². The first-order valence-electron chi connectivity index (χ1n) is 5.97. The maximum Gasteiger partial charge on any atom is 0.248 e. The summed E-state index contributed by atoms with van der Waals surface area (Å²) in [5.74, 6) is -0.753. The van der Waals surface area contributed by atoms with Crippen molar-refractivity contribution < 1.29 is 9.59 Å². The van der Waals surface area contributed by atoms with Gasteiger partial charge in [-0.05, 0) is 31.0 Å². The average Bonchev–Trinajstić information content (AvgIpc) is 2.26. The minimum absolute atomic E-state index is 0.215. The van der Waals surface area contributed by atoms with Gasteiger partial charge in [-0.25, -0.2) is 0 Å². The number of carbonyl (C=O) groups is 2. The molecule has 0 aliphatic heterocycles. The van der Waals surface area contributed by atoms with E-state index in [0.29, 0.717) is 24.1 Å². The Bertz CT molecular complexity index is 553. The predicted octanol–water partition coefficient (Wildman–Crippen LogP) is 1.18. The summed E-state index contributed by atoms with van der Waals surface area (Å²) in [6, 6.07) is 6.47. The Morgan fingerprint density at radius 1 is 1.26 bits per heavy atom. The topological polar surface area (TPSA) is 98.2 Å². The number of thiocarbonyl (C=S) groups is 1. The molecule has 2 rings (SSSR count). The summed E-state index contributed by atoms with van der Waals surface area (Å²) in [5, 5.41) is 2.75. The molecule has 1 saturated carbocycles. The van der Waals surface area contributed by atoms with Crippen LogP contribution < -0.4 is 16.8 Å². The van der Waals surface area contributed by atoms with E-state index in [1.165, 1.54) is 6.07 Å². The van der Waals surface area contributed by atoms with Gasteiger partial charge in [0, 0.05) is 11.3 Å². The molecule has 1 aliphatic rings. The lowest BCUT2D eigenvalue weighted by Crippen LogP contribution is -2.50. The number of nitrogens with two attached hydrogens (primary N) is 2. The van der Waals surface area contributed by atoms with Crippen molar-refractivity contribution in [2.45, 2.75) is 19.3 Å². The minimum Gasteiger partial charge on any atom is -0.392 e. The van der Waals surface area contributed by atoms with Gasteiger partial charge in [-0.1, -0.05) is 24.7 Å². The summed E-state index contributed by atoms with van der Waals surface area (Å²) >= 11 is 4.98. The molecule has 1 aromatic carbocycles. The lowest BCUT2D eigenvalue weighted by Gasteiger charge is -2.39. The second-order valence-electron chi connectivity index (χ2n) is 4.70. The Morgan fingerprint density at radius 2 is 1.95 bits per heavy atom. The number of rotatable bonds is 4. The standard InChI is InChI=1S/C13H15N3O2S/c14-10(17)8-3-1-4-9(7-8)16-12(18)13(11(15)19)5-2-6-13/h1,3-4,7H,2,5-6H2,(H2,14,17)(H2,15,19)(H,16,18). The second kappa shape index (κ2) is 4.97. The van der Waals surface area contributed by atoms with E-state index in [4.69, 9.17) is 23.7 Å². The second-order valence-corrected chi connectivity index (χ2v) is 5.14. The molecular formula is C13H15N3O2S. The molecule has 0 aromatic heterocycles. The number of primary amides is 1. The maximum absolute atomic E-state index is 12.2. The van der Waals surface area contributed by atoms with Crippen LogP contribution in [0.2, 0.25) is 0 Å². The molecule has 2 amide bonds. The molecule has 0 radical (unpaired) electrons. The molecule has 0 atom stereocenters. The van der Waals surface area contributed by atoms with Crippen LogP contribution in [0.3, 0.4) is 0 Å². The number of hydrogen-bond acceptors (Lipinski definition) is 3. The smallest absolute Gasteiger partial charge is 0.248 e. The minimum atomic E-state index is -0.738. The highest BCUT2D eigenvalue weighted by molar-refractivity contribution is 7.80. The summed E-state index contributed by atoms with van der Waals surface area (Å²) < 4.78 is 0. The zero-order chi connectivity index (χ0) is 14.0. The Labute approximate surface area is 116 Å². The summed E-state index contributed by atoms with van der Waals surface area (Å²) in [6.07, 6.45) is 2.28. The largest absolute Gasteiger partial charge is 0.392 e. The SMILES string of the molecule is NC(=O)c1cccc(NC(=O)C2(C(N)=S)CCC2)c1. The van der Waals surface area contributed by atoms with E-state index in [0.717, 1.165) is 6.42 Å². The lowest BCUT2D eigenvalue weighted by molar-refractivity contribution is -0.125. The zero-order valence-corrected chi connectivity index (χ0v) is 11.1. The molecular weight excluding hydrogens is 262 g/mol. The predicted molar refractivity (Wildman–Crippen MR) is 76.7 cm³/mol. The highest BCUT2D eigenvalue weighted by Gasteiger charge is 2.46. The van der Waals surface area contributed by atoms with Gasteiger partial charge in [0.05, 0.1) is 10.4 Å². The molecule has 0 spiro atoms.